The smallest absolute Gasteiger partial charge is 0.336 e. The molecule has 0 saturated carbocycles. The highest BCUT2D eigenvalue weighted by molar-refractivity contribution is 14.1. The van der Waals surface area contributed by atoms with Crippen LogP contribution >= 0.6 is 22.6 Å². The van der Waals surface area contributed by atoms with Gasteiger partial charge in [-0.2, -0.15) is 0 Å². The van der Waals surface area contributed by atoms with Crippen LogP contribution in [0.3, 0.4) is 0 Å². The second kappa shape index (κ2) is 6.37. The zero-order chi connectivity index (χ0) is 14.8. The molecule has 1 heterocycles. The number of carbonyl (C=O) groups is 1. The molecule has 0 aliphatic carbocycles. The van der Waals surface area contributed by atoms with Crippen LogP contribution in [0.4, 0.5) is 0 Å². The van der Waals surface area contributed by atoms with E-state index in [4.69, 9.17) is 5.11 Å². The van der Waals surface area contributed by atoms with Gasteiger partial charge in [0.15, 0.2) is 0 Å². The van der Waals surface area contributed by atoms with Crippen molar-refractivity contribution in [1.82, 2.24) is 10.0 Å². The number of nitrogens with one attached hydrogen (secondary N) is 2. The molecule has 8 heteroatoms. The topological polar surface area (TPSA) is 95.5 Å². The molecular weight excluding hydrogens is 395 g/mol. The molecule has 0 spiro atoms. The van der Waals surface area contributed by atoms with Crippen LogP contribution in [0, 0.1) is 3.57 Å². The van der Waals surface area contributed by atoms with E-state index in [1.807, 2.05) is 22.6 Å². The van der Waals surface area contributed by atoms with Crippen molar-refractivity contribution in [3.8, 4) is 0 Å². The van der Waals surface area contributed by atoms with Gasteiger partial charge < -0.3 is 10.4 Å². The van der Waals surface area contributed by atoms with E-state index in [-0.39, 0.29) is 16.5 Å². The van der Waals surface area contributed by atoms with Crippen LogP contribution in [0.5, 0.6) is 0 Å². The van der Waals surface area contributed by atoms with Crippen LogP contribution in [0.25, 0.3) is 0 Å². The van der Waals surface area contributed by atoms with Crippen LogP contribution in [0.15, 0.2) is 23.1 Å². The molecule has 6 nitrogen and oxygen atoms in total. The van der Waals surface area contributed by atoms with Crippen LogP contribution in [-0.2, 0) is 10.0 Å². The minimum atomic E-state index is -3.68. The molecule has 1 aliphatic rings. The lowest BCUT2D eigenvalue weighted by Gasteiger charge is -2.23. The molecular formula is C12H15IN2O4S. The molecule has 20 heavy (non-hydrogen) atoms. The lowest BCUT2D eigenvalue weighted by Crippen LogP contribution is -2.42. The van der Waals surface area contributed by atoms with Crippen molar-refractivity contribution in [1.29, 1.82) is 0 Å². The monoisotopic (exact) mass is 410 g/mol. The largest absolute Gasteiger partial charge is 0.478 e. The zero-order valence-corrected chi connectivity index (χ0v) is 13.6. The van der Waals surface area contributed by atoms with Gasteiger partial charge in [0.2, 0.25) is 10.0 Å². The van der Waals surface area contributed by atoms with Gasteiger partial charge in [0.05, 0.1) is 10.5 Å². The van der Waals surface area contributed by atoms with Crippen molar-refractivity contribution in [2.45, 2.75) is 23.8 Å². The first-order valence-corrected chi connectivity index (χ1v) is 8.72. The van der Waals surface area contributed by atoms with Crippen molar-refractivity contribution >= 4 is 38.6 Å². The Morgan fingerprint density at radius 1 is 1.35 bits per heavy atom. The van der Waals surface area contributed by atoms with Crippen LogP contribution in [0.1, 0.15) is 23.2 Å². The van der Waals surface area contributed by atoms with E-state index in [9.17, 15) is 13.2 Å². The first-order valence-electron chi connectivity index (χ1n) is 6.16. The van der Waals surface area contributed by atoms with Crippen molar-refractivity contribution in [2.75, 3.05) is 13.1 Å². The standard InChI is InChI=1S/C12H15IN2O4S/c13-11-2-1-9(7-10(11)12(16)17)20(18,19)15-8-3-5-14-6-4-8/h1-2,7-8,14-15H,3-6H2,(H,16,17). The van der Waals surface area contributed by atoms with Crippen LogP contribution in [-0.4, -0.2) is 38.6 Å². The summed E-state index contributed by atoms with van der Waals surface area (Å²) >= 11 is 1.87. The van der Waals surface area contributed by atoms with Crippen LogP contribution < -0.4 is 10.0 Å². The molecule has 0 unspecified atom stereocenters. The highest BCUT2D eigenvalue weighted by atomic mass is 127. The average Bonchev–Trinajstić information content (AvgIpc) is 2.39. The maximum absolute atomic E-state index is 12.3. The molecule has 0 amide bonds. The van der Waals surface area contributed by atoms with E-state index in [2.05, 4.69) is 10.0 Å². The molecule has 1 aromatic carbocycles. The van der Waals surface area contributed by atoms with Crippen molar-refractivity contribution in [3.05, 3.63) is 27.3 Å². The lowest BCUT2D eigenvalue weighted by molar-refractivity contribution is 0.0695. The number of aromatic carboxylic acids is 1. The van der Waals surface area contributed by atoms with E-state index in [0.717, 1.165) is 25.9 Å². The van der Waals surface area contributed by atoms with Gasteiger partial charge in [-0.25, -0.2) is 17.9 Å². The Hall–Kier alpha value is -0.710. The summed E-state index contributed by atoms with van der Waals surface area (Å²) in [4.78, 5) is 11.1. The summed E-state index contributed by atoms with van der Waals surface area (Å²) < 4.78 is 27.7. The maximum atomic E-state index is 12.3. The third-order valence-corrected chi connectivity index (χ3v) is 5.60. The van der Waals surface area contributed by atoms with Gasteiger partial charge in [-0.1, -0.05) is 0 Å². The number of rotatable bonds is 4. The summed E-state index contributed by atoms with van der Waals surface area (Å²) in [6.45, 7) is 1.56. The molecule has 1 aliphatic heterocycles. The lowest BCUT2D eigenvalue weighted by atomic mass is 10.1. The summed E-state index contributed by atoms with van der Waals surface area (Å²) in [6, 6.07) is 4.03. The van der Waals surface area contributed by atoms with Gasteiger partial charge in [-0.3, -0.25) is 0 Å². The van der Waals surface area contributed by atoms with Gasteiger partial charge in [-0.15, -0.1) is 0 Å². The minimum absolute atomic E-state index is 0.00112. The summed E-state index contributed by atoms with van der Waals surface area (Å²) in [5, 5.41) is 12.2. The minimum Gasteiger partial charge on any atom is -0.478 e. The first-order chi connectivity index (χ1) is 9.40. The Morgan fingerprint density at radius 3 is 2.60 bits per heavy atom. The number of halogens is 1. The Labute approximate surface area is 131 Å². The predicted molar refractivity (Wildman–Crippen MR) is 82.3 cm³/mol. The highest BCUT2D eigenvalue weighted by Crippen LogP contribution is 2.19. The second-order valence-corrected chi connectivity index (χ2v) is 7.47. The third kappa shape index (κ3) is 3.68. The van der Waals surface area contributed by atoms with E-state index < -0.39 is 16.0 Å². The van der Waals surface area contributed by atoms with Gasteiger partial charge in [0.25, 0.3) is 0 Å². The van der Waals surface area contributed by atoms with E-state index in [1.165, 1.54) is 18.2 Å². The Balaban J connectivity index is 2.24. The summed E-state index contributed by atoms with van der Waals surface area (Å²) in [5.41, 5.74) is -0.00112. The number of hydrogen-bond donors (Lipinski definition) is 3. The first kappa shape index (κ1) is 15.7. The molecule has 2 rings (SSSR count). The number of carboxylic acid groups (broad SMARTS) is 1. The highest BCUT2D eigenvalue weighted by Gasteiger charge is 2.23. The molecule has 0 bridgehead atoms. The SMILES string of the molecule is O=C(O)c1cc(S(=O)(=O)NC2CCNCC2)ccc1I. The number of piperidine rings is 1. The molecule has 3 N–H and O–H groups in total. The molecule has 110 valence electrons. The second-order valence-electron chi connectivity index (χ2n) is 4.59. The van der Waals surface area contributed by atoms with Crippen molar-refractivity contribution in [3.63, 3.8) is 0 Å². The average molecular weight is 410 g/mol. The Bertz CT molecular complexity index is 612. The predicted octanol–water partition coefficient (Wildman–Crippen LogP) is 1.02. The number of sulfonamides is 1. The van der Waals surface area contributed by atoms with Gasteiger partial charge >= 0.3 is 5.97 Å². The molecule has 1 saturated heterocycles. The summed E-state index contributed by atoms with van der Waals surface area (Å²) in [6.07, 6.45) is 1.46. The quantitative estimate of drug-likeness (QED) is 0.645. The zero-order valence-electron chi connectivity index (χ0n) is 10.6. The van der Waals surface area contributed by atoms with Gasteiger partial charge in [0.1, 0.15) is 0 Å². The molecule has 0 radical (unpaired) electrons. The fourth-order valence-corrected chi connectivity index (χ4v) is 3.96. The van der Waals surface area contributed by atoms with E-state index in [0.29, 0.717) is 3.57 Å². The van der Waals surface area contributed by atoms with E-state index in [1.54, 1.807) is 0 Å². The number of benzene rings is 1. The summed E-state index contributed by atoms with van der Waals surface area (Å²) in [7, 11) is -3.68. The molecule has 1 aromatic rings. The molecule has 0 atom stereocenters. The Kier molecular flexibility index (Phi) is 4.99. The summed E-state index contributed by atoms with van der Waals surface area (Å²) in [5.74, 6) is -1.13. The maximum Gasteiger partial charge on any atom is 0.336 e. The molecule has 0 aromatic heterocycles. The molecule has 1 fully saturated rings. The number of carboxylic acids is 1. The van der Waals surface area contributed by atoms with Gasteiger partial charge in [-0.05, 0) is 66.7 Å². The van der Waals surface area contributed by atoms with Crippen molar-refractivity contribution < 1.29 is 18.3 Å². The number of hydrogen-bond acceptors (Lipinski definition) is 4. The fourth-order valence-electron chi connectivity index (χ4n) is 2.06. The normalized spacial score (nSPS) is 17.1. The van der Waals surface area contributed by atoms with Gasteiger partial charge in [0, 0.05) is 9.61 Å². The van der Waals surface area contributed by atoms with Crippen LogP contribution in [0.2, 0.25) is 0 Å². The van der Waals surface area contributed by atoms with Crippen molar-refractivity contribution in [2.24, 2.45) is 0 Å². The Morgan fingerprint density at radius 2 is 2.00 bits per heavy atom. The van der Waals surface area contributed by atoms with E-state index >= 15 is 0 Å². The fraction of sp³-hybridized carbons (Fsp3) is 0.417. The third-order valence-electron chi connectivity index (χ3n) is 3.14.